The minimum Gasteiger partial charge on any atom is -0.381 e. The van der Waals surface area contributed by atoms with Gasteiger partial charge in [0, 0.05) is 25.4 Å². The average molecular weight is 263 g/mol. The van der Waals surface area contributed by atoms with Crippen LogP contribution in [0, 0.1) is 5.92 Å². The molecule has 3 unspecified atom stereocenters. The normalized spacial score (nSPS) is 23.3. The van der Waals surface area contributed by atoms with Crippen LogP contribution in [0.5, 0.6) is 0 Å². The standard InChI is InChI=1S/C15H25N3O/c1-12(16)15(14-7-3-4-8-17-14)18(2)10-13-6-5-9-19-11-13/h3-4,7-8,12-13,15H,5-6,9-11,16H2,1-2H3. The summed E-state index contributed by atoms with van der Waals surface area (Å²) in [6, 6.07) is 6.25. The first-order valence-corrected chi connectivity index (χ1v) is 7.13. The quantitative estimate of drug-likeness (QED) is 0.880. The highest BCUT2D eigenvalue weighted by molar-refractivity contribution is 5.11. The highest BCUT2D eigenvalue weighted by atomic mass is 16.5. The second-order valence-electron chi connectivity index (χ2n) is 5.58. The van der Waals surface area contributed by atoms with Crippen molar-refractivity contribution < 1.29 is 4.74 Å². The number of hydrogen-bond donors (Lipinski definition) is 1. The van der Waals surface area contributed by atoms with E-state index in [-0.39, 0.29) is 12.1 Å². The predicted molar refractivity (Wildman–Crippen MR) is 76.8 cm³/mol. The summed E-state index contributed by atoms with van der Waals surface area (Å²) in [5.41, 5.74) is 7.21. The number of rotatable bonds is 5. The monoisotopic (exact) mass is 263 g/mol. The first-order chi connectivity index (χ1) is 9.18. The summed E-state index contributed by atoms with van der Waals surface area (Å²) in [5.74, 6) is 0.615. The van der Waals surface area contributed by atoms with Gasteiger partial charge in [-0.05, 0) is 44.9 Å². The highest BCUT2D eigenvalue weighted by Crippen LogP contribution is 2.23. The van der Waals surface area contributed by atoms with Gasteiger partial charge < -0.3 is 10.5 Å². The molecule has 1 saturated heterocycles. The van der Waals surface area contributed by atoms with E-state index >= 15 is 0 Å². The topological polar surface area (TPSA) is 51.4 Å². The van der Waals surface area contributed by atoms with Crippen molar-refractivity contribution in [2.45, 2.75) is 31.8 Å². The van der Waals surface area contributed by atoms with Crippen molar-refractivity contribution in [1.82, 2.24) is 9.88 Å². The summed E-state index contributed by atoms with van der Waals surface area (Å²) in [6.45, 7) is 4.85. The van der Waals surface area contributed by atoms with Crippen LogP contribution in [0.25, 0.3) is 0 Å². The van der Waals surface area contributed by atoms with E-state index in [2.05, 4.69) is 23.0 Å². The molecule has 1 fully saturated rings. The summed E-state index contributed by atoms with van der Waals surface area (Å²) in [6.07, 6.45) is 4.26. The van der Waals surface area contributed by atoms with Gasteiger partial charge in [0.2, 0.25) is 0 Å². The summed E-state index contributed by atoms with van der Waals surface area (Å²) >= 11 is 0. The number of aromatic nitrogens is 1. The largest absolute Gasteiger partial charge is 0.381 e. The Labute approximate surface area is 116 Å². The Kier molecular flexibility index (Phi) is 5.31. The third kappa shape index (κ3) is 4.00. The van der Waals surface area contributed by atoms with Gasteiger partial charge in [0.15, 0.2) is 0 Å². The van der Waals surface area contributed by atoms with Crippen LogP contribution < -0.4 is 5.73 Å². The Morgan fingerprint density at radius 1 is 1.53 bits per heavy atom. The molecular formula is C15H25N3O. The van der Waals surface area contributed by atoms with Crippen LogP contribution in [0.1, 0.15) is 31.5 Å². The number of nitrogens with zero attached hydrogens (tertiary/aromatic N) is 2. The minimum atomic E-state index is 0.0596. The maximum atomic E-state index is 6.16. The van der Waals surface area contributed by atoms with Crippen LogP contribution in [-0.2, 0) is 4.74 Å². The summed E-state index contributed by atoms with van der Waals surface area (Å²) in [7, 11) is 2.14. The molecule has 1 aliphatic heterocycles. The Morgan fingerprint density at radius 2 is 2.37 bits per heavy atom. The van der Waals surface area contributed by atoms with E-state index in [1.807, 2.05) is 25.3 Å². The minimum absolute atomic E-state index is 0.0596. The number of hydrogen-bond acceptors (Lipinski definition) is 4. The second kappa shape index (κ2) is 6.98. The van der Waals surface area contributed by atoms with E-state index in [0.29, 0.717) is 5.92 Å². The fourth-order valence-corrected chi connectivity index (χ4v) is 2.92. The first-order valence-electron chi connectivity index (χ1n) is 7.13. The van der Waals surface area contributed by atoms with Gasteiger partial charge in [0.05, 0.1) is 18.3 Å². The molecule has 0 aromatic carbocycles. The molecule has 2 N–H and O–H groups in total. The van der Waals surface area contributed by atoms with Crippen molar-refractivity contribution in [2.24, 2.45) is 11.7 Å². The van der Waals surface area contributed by atoms with Gasteiger partial charge in [0.25, 0.3) is 0 Å². The number of ether oxygens (including phenoxy) is 1. The van der Waals surface area contributed by atoms with Crippen molar-refractivity contribution in [2.75, 3.05) is 26.8 Å². The van der Waals surface area contributed by atoms with Crippen molar-refractivity contribution in [3.63, 3.8) is 0 Å². The number of likely N-dealkylation sites (N-methyl/N-ethyl adjacent to an activating group) is 1. The van der Waals surface area contributed by atoms with Gasteiger partial charge in [-0.15, -0.1) is 0 Å². The molecule has 4 heteroatoms. The fraction of sp³-hybridized carbons (Fsp3) is 0.667. The maximum Gasteiger partial charge on any atom is 0.0668 e. The zero-order valence-corrected chi connectivity index (χ0v) is 12.0. The van der Waals surface area contributed by atoms with Crippen molar-refractivity contribution >= 4 is 0 Å². The molecule has 0 aliphatic carbocycles. The molecule has 4 nitrogen and oxygen atoms in total. The van der Waals surface area contributed by atoms with Gasteiger partial charge >= 0.3 is 0 Å². The van der Waals surface area contributed by atoms with Gasteiger partial charge in [-0.1, -0.05) is 6.07 Å². The highest BCUT2D eigenvalue weighted by Gasteiger charge is 2.25. The number of pyridine rings is 1. The molecular weight excluding hydrogens is 238 g/mol. The van der Waals surface area contributed by atoms with E-state index in [4.69, 9.17) is 10.5 Å². The van der Waals surface area contributed by atoms with Crippen LogP contribution in [0.3, 0.4) is 0 Å². The van der Waals surface area contributed by atoms with E-state index in [9.17, 15) is 0 Å². The Hall–Kier alpha value is -0.970. The molecule has 0 bridgehead atoms. The van der Waals surface area contributed by atoms with Crippen molar-refractivity contribution in [3.8, 4) is 0 Å². The molecule has 0 radical (unpaired) electrons. The molecule has 2 rings (SSSR count). The molecule has 0 amide bonds. The van der Waals surface area contributed by atoms with Gasteiger partial charge in [0.1, 0.15) is 0 Å². The Bertz CT molecular complexity index is 363. The lowest BCUT2D eigenvalue weighted by atomic mass is 9.98. The van der Waals surface area contributed by atoms with Gasteiger partial charge in [-0.2, -0.15) is 0 Å². The Morgan fingerprint density at radius 3 is 2.95 bits per heavy atom. The lowest BCUT2D eigenvalue weighted by Crippen LogP contribution is -2.41. The lowest BCUT2D eigenvalue weighted by Gasteiger charge is -2.34. The predicted octanol–water partition coefficient (Wildman–Crippen LogP) is 1.83. The molecule has 1 aromatic heterocycles. The van der Waals surface area contributed by atoms with Crippen molar-refractivity contribution in [1.29, 1.82) is 0 Å². The SMILES string of the molecule is CC(N)C(c1ccccn1)N(C)CC1CCCOC1. The first kappa shape index (κ1) is 14.4. The number of nitrogens with two attached hydrogens (primary N) is 1. The molecule has 19 heavy (non-hydrogen) atoms. The third-order valence-corrected chi connectivity index (χ3v) is 3.76. The molecule has 1 aliphatic rings. The van der Waals surface area contributed by atoms with Gasteiger partial charge in [-0.25, -0.2) is 0 Å². The van der Waals surface area contributed by atoms with Crippen LogP contribution >= 0.6 is 0 Å². The van der Waals surface area contributed by atoms with Crippen molar-refractivity contribution in [3.05, 3.63) is 30.1 Å². The molecule has 1 aromatic rings. The maximum absolute atomic E-state index is 6.16. The molecule has 106 valence electrons. The van der Waals surface area contributed by atoms with Gasteiger partial charge in [-0.3, -0.25) is 9.88 Å². The smallest absolute Gasteiger partial charge is 0.0668 e. The van der Waals surface area contributed by atoms with Crippen LogP contribution in [-0.4, -0.2) is 42.7 Å². The summed E-state index contributed by atoms with van der Waals surface area (Å²) in [5, 5.41) is 0. The zero-order chi connectivity index (χ0) is 13.7. The van der Waals surface area contributed by atoms with Crippen LogP contribution in [0.2, 0.25) is 0 Å². The van der Waals surface area contributed by atoms with E-state index in [0.717, 1.165) is 25.5 Å². The van der Waals surface area contributed by atoms with E-state index in [1.54, 1.807) is 0 Å². The average Bonchev–Trinajstić information content (AvgIpc) is 2.40. The second-order valence-corrected chi connectivity index (χ2v) is 5.58. The fourth-order valence-electron chi connectivity index (χ4n) is 2.92. The zero-order valence-electron chi connectivity index (χ0n) is 12.0. The summed E-state index contributed by atoms with van der Waals surface area (Å²) in [4.78, 5) is 6.79. The molecule has 0 spiro atoms. The van der Waals surface area contributed by atoms with E-state index in [1.165, 1.54) is 12.8 Å². The lowest BCUT2D eigenvalue weighted by molar-refractivity contribution is 0.0340. The summed E-state index contributed by atoms with van der Waals surface area (Å²) < 4.78 is 5.56. The molecule has 0 saturated carbocycles. The van der Waals surface area contributed by atoms with E-state index < -0.39 is 0 Å². The molecule has 3 atom stereocenters. The third-order valence-electron chi connectivity index (χ3n) is 3.76. The molecule has 2 heterocycles. The van der Waals surface area contributed by atoms with Crippen LogP contribution in [0.4, 0.5) is 0 Å². The van der Waals surface area contributed by atoms with Crippen LogP contribution in [0.15, 0.2) is 24.4 Å². The Balaban J connectivity index is 2.02.